The van der Waals surface area contributed by atoms with E-state index in [0.717, 1.165) is 13.2 Å². The van der Waals surface area contributed by atoms with Gasteiger partial charge in [0.05, 0.1) is 13.2 Å². The predicted molar refractivity (Wildman–Crippen MR) is 59.1 cm³/mol. The molecule has 1 heteroatoms. The second-order valence-corrected chi connectivity index (χ2v) is 4.05. The Morgan fingerprint density at radius 2 is 2.00 bits per heavy atom. The van der Waals surface area contributed by atoms with Crippen molar-refractivity contribution in [3.8, 4) is 0 Å². The molecule has 1 saturated heterocycles. The van der Waals surface area contributed by atoms with Crippen LogP contribution in [0.4, 0.5) is 0 Å². The maximum absolute atomic E-state index is 5.40. The molecule has 0 radical (unpaired) electrons. The lowest BCUT2D eigenvalue weighted by Crippen LogP contribution is -1.94. The van der Waals surface area contributed by atoms with Crippen molar-refractivity contribution in [3.63, 3.8) is 0 Å². The summed E-state index contributed by atoms with van der Waals surface area (Å²) in [7, 11) is 0. The van der Waals surface area contributed by atoms with E-state index in [2.05, 4.69) is 44.2 Å². The van der Waals surface area contributed by atoms with Crippen LogP contribution in [0.15, 0.2) is 29.8 Å². The van der Waals surface area contributed by atoms with E-state index in [4.69, 9.17) is 4.74 Å². The lowest BCUT2D eigenvalue weighted by atomic mass is 10.0. The Bertz CT molecular complexity index is 335. The SMILES string of the molecule is Cc1ccc(/C=C2/COC[C@H]2C)cc1. The average Bonchev–Trinajstić information content (AvgIpc) is 2.56. The van der Waals surface area contributed by atoms with Gasteiger partial charge in [0, 0.05) is 5.92 Å². The molecule has 1 aliphatic heterocycles. The molecule has 0 aromatic heterocycles. The largest absolute Gasteiger partial charge is 0.376 e. The second kappa shape index (κ2) is 3.97. The van der Waals surface area contributed by atoms with Crippen molar-refractivity contribution in [2.45, 2.75) is 13.8 Å². The van der Waals surface area contributed by atoms with Crippen molar-refractivity contribution in [2.24, 2.45) is 5.92 Å². The van der Waals surface area contributed by atoms with E-state index in [-0.39, 0.29) is 0 Å². The number of ether oxygens (including phenoxy) is 1. The maximum atomic E-state index is 5.40. The van der Waals surface area contributed by atoms with Gasteiger partial charge >= 0.3 is 0 Å². The van der Waals surface area contributed by atoms with Crippen molar-refractivity contribution in [3.05, 3.63) is 41.0 Å². The topological polar surface area (TPSA) is 9.23 Å². The number of hydrogen-bond donors (Lipinski definition) is 0. The van der Waals surface area contributed by atoms with Crippen LogP contribution in [0.3, 0.4) is 0 Å². The fourth-order valence-corrected chi connectivity index (χ4v) is 1.66. The molecular formula is C13H16O. The first-order valence-electron chi connectivity index (χ1n) is 5.10. The highest BCUT2D eigenvalue weighted by atomic mass is 16.5. The smallest absolute Gasteiger partial charge is 0.0683 e. The molecule has 2 rings (SSSR count). The predicted octanol–water partition coefficient (Wildman–Crippen LogP) is 3.04. The first kappa shape index (κ1) is 9.47. The van der Waals surface area contributed by atoms with Gasteiger partial charge in [-0.25, -0.2) is 0 Å². The molecule has 0 spiro atoms. The molecule has 0 aliphatic carbocycles. The summed E-state index contributed by atoms with van der Waals surface area (Å²) in [5.41, 5.74) is 4.00. The van der Waals surface area contributed by atoms with Crippen LogP contribution in [0.5, 0.6) is 0 Å². The molecule has 1 atom stereocenters. The summed E-state index contributed by atoms with van der Waals surface area (Å²) in [6.45, 7) is 6.00. The van der Waals surface area contributed by atoms with Crippen LogP contribution in [0.1, 0.15) is 18.1 Å². The summed E-state index contributed by atoms with van der Waals surface area (Å²) < 4.78 is 5.40. The van der Waals surface area contributed by atoms with E-state index >= 15 is 0 Å². The first-order valence-corrected chi connectivity index (χ1v) is 5.10. The molecule has 1 aromatic rings. The molecule has 1 fully saturated rings. The zero-order valence-electron chi connectivity index (χ0n) is 8.79. The summed E-state index contributed by atoms with van der Waals surface area (Å²) in [6.07, 6.45) is 2.25. The summed E-state index contributed by atoms with van der Waals surface area (Å²) in [6, 6.07) is 8.61. The summed E-state index contributed by atoms with van der Waals surface area (Å²) in [4.78, 5) is 0. The zero-order valence-corrected chi connectivity index (χ0v) is 8.79. The van der Waals surface area contributed by atoms with E-state index in [1.807, 2.05) is 0 Å². The monoisotopic (exact) mass is 188 g/mol. The van der Waals surface area contributed by atoms with Crippen molar-refractivity contribution in [1.82, 2.24) is 0 Å². The number of hydrogen-bond acceptors (Lipinski definition) is 1. The average molecular weight is 188 g/mol. The lowest BCUT2D eigenvalue weighted by molar-refractivity contribution is 0.191. The molecule has 1 heterocycles. The second-order valence-electron chi connectivity index (χ2n) is 4.05. The van der Waals surface area contributed by atoms with E-state index in [1.54, 1.807) is 0 Å². The quantitative estimate of drug-likeness (QED) is 0.658. The van der Waals surface area contributed by atoms with Gasteiger partial charge in [-0.1, -0.05) is 42.8 Å². The van der Waals surface area contributed by atoms with E-state index in [1.165, 1.54) is 16.7 Å². The normalized spacial score (nSPS) is 24.4. The minimum atomic E-state index is 0.580. The van der Waals surface area contributed by atoms with Gasteiger partial charge in [0.25, 0.3) is 0 Å². The minimum absolute atomic E-state index is 0.580. The van der Waals surface area contributed by atoms with Crippen LogP contribution in [-0.4, -0.2) is 13.2 Å². The summed E-state index contributed by atoms with van der Waals surface area (Å²) in [5, 5.41) is 0. The molecule has 1 aliphatic rings. The van der Waals surface area contributed by atoms with Gasteiger partial charge < -0.3 is 4.74 Å². The number of aryl methyl sites for hydroxylation is 1. The zero-order chi connectivity index (χ0) is 9.97. The van der Waals surface area contributed by atoms with Crippen LogP contribution in [-0.2, 0) is 4.74 Å². The lowest BCUT2D eigenvalue weighted by Gasteiger charge is -2.02. The molecule has 0 bridgehead atoms. The van der Waals surface area contributed by atoms with Gasteiger partial charge in [-0.05, 0) is 18.1 Å². The van der Waals surface area contributed by atoms with Crippen molar-refractivity contribution < 1.29 is 4.74 Å². The summed E-state index contributed by atoms with van der Waals surface area (Å²) in [5.74, 6) is 0.580. The van der Waals surface area contributed by atoms with Crippen LogP contribution in [0, 0.1) is 12.8 Å². The Morgan fingerprint density at radius 3 is 2.57 bits per heavy atom. The van der Waals surface area contributed by atoms with Gasteiger partial charge in [-0.3, -0.25) is 0 Å². The Morgan fingerprint density at radius 1 is 1.29 bits per heavy atom. The molecule has 0 N–H and O–H groups in total. The highest BCUT2D eigenvalue weighted by molar-refractivity contribution is 5.54. The molecule has 0 amide bonds. The molecular weight excluding hydrogens is 172 g/mol. The van der Waals surface area contributed by atoms with E-state index in [9.17, 15) is 0 Å². The van der Waals surface area contributed by atoms with Crippen molar-refractivity contribution in [2.75, 3.05) is 13.2 Å². The van der Waals surface area contributed by atoms with Gasteiger partial charge in [-0.15, -0.1) is 0 Å². The molecule has 14 heavy (non-hydrogen) atoms. The summed E-state index contributed by atoms with van der Waals surface area (Å²) >= 11 is 0. The molecule has 0 saturated carbocycles. The van der Waals surface area contributed by atoms with Crippen LogP contribution in [0.2, 0.25) is 0 Å². The Kier molecular flexibility index (Phi) is 2.69. The third-order valence-corrected chi connectivity index (χ3v) is 2.70. The van der Waals surface area contributed by atoms with Crippen molar-refractivity contribution >= 4 is 6.08 Å². The highest BCUT2D eigenvalue weighted by Crippen LogP contribution is 2.21. The van der Waals surface area contributed by atoms with Crippen LogP contribution in [0.25, 0.3) is 6.08 Å². The first-order chi connectivity index (χ1) is 6.75. The van der Waals surface area contributed by atoms with Crippen LogP contribution < -0.4 is 0 Å². The Labute approximate surface area is 85.4 Å². The molecule has 74 valence electrons. The number of benzene rings is 1. The minimum Gasteiger partial charge on any atom is -0.376 e. The fourth-order valence-electron chi connectivity index (χ4n) is 1.66. The molecule has 1 aromatic carbocycles. The third kappa shape index (κ3) is 2.05. The Hall–Kier alpha value is -1.08. The number of rotatable bonds is 1. The van der Waals surface area contributed by atoms with E-state index < -0.39 is 0 Å². The molecule has 0 unspecified atom stereocenters. The van der Waals surface area contributed by atoms with Gasteiger partial charge in [-0.2, -0.15) is 0 Å². The van der Waals surface area contributed by atoms with Gasteiger partial charge in [0.1, 0.15) is 0 Å². The maximum Gasteiger partial charge on any atom is 0.0683 e. The Balaban J connectivity index is 2.20. The van der Waals surface area contributed by atoms with Crippen molar-refractivity contribution in [1.29, 1.82) is 0 Å². The van der Waals surface area contributed by atoms with Crippen LogP contribution >= 0.6 is 0 Å². The standard InChI is InChI=1S/C13H16O/c1-10-3-5-12(6-4-10)7-13-9-14-8-11(13)2/h3-7,11H,8-9H2,1-2H3/b13-7-/t11-/m1/s1. The molecule has 1 nitrogen and oxygen atoms in total. The third-order valence-electron chi connectivity index (χ3n) is 2.70. The fraction of sp³-hybridized carbons (Fsp3) is 0.385. The van der Waals surface area contributed by atoms with Gasteiger partial charge in [0.15, 0.2) is 0 Å². The van der Waals surface area contributed by atoms with E-state index in [0.29, 0.717) is 5.92 Å². The van der Waals surface area contributed by atoms with Gasteiger partial charge in [0.2, 0.25) is 0 Å². The highest BCUT2D eigenvalue weighted by Gasteiger charge is 2.16.